The Kier molecular flexibility index (Phi) is 5.55. The van der Waals surface area contributed by atoms with Crippen molar-refractivity contribution < 1.29 is 27.7 Å². The number of nitro groups is 1. The molecule has 0 N–H and O–H groups in total. The minimum atomic E-state index is -4.22. The number of methoxy groups -OCH3 is 1. The molecule has 134 valence electrons. The molecule has 0 spiro atoms. The van der Waals surface area contributed by atoms with E-state index in [0.29, 0.717) is 0 Å². The van der Waals surface area contributed by atoms with Crippen molar-refractivity contribution in [1.29, 1.82) is 0 Å². The van der Waals surface area contributed by atoms with Crippen molar-refractivity contribution in [2.45, 2.75) is 17.4 Å². The van der Waals surface area contributed by atoms with Gasteiger partial charge in [0.25, 0.3) is 5.69 Å². The number of carbonyl (C=O) groups is 2. The summed E-state index contributed by atoms with van der Waals surface area (Å²) < 4.78 is 31.0. The van der Waals surface area contributed by atoms with Gasteiger partial charge in [-0.3, -0.25) is 14.9 Å². The Morgan fingerprint density at radius 3 is 2.40 bits per heavy atom. The summed E-state index contributed by atoms with van der Waals surface area (Å²) in [6.45, 7) is -0.394. The molecule has 1 heterocycles. The van der Waals surface area contributed by atoms with Crippen LogP contribution in [0.2, 0.25) is 0 Å². The van der Waals surface area contributed by atoms with E-state index < -0.39 is 38.7 Å². The second kappa shape index (κ2) is 7.30. The summed E-state index contributed by atoms with van der Waals surface area (Å²) in [6.07, 6.45) is 1.32. The number of esters is 1. The molecule has 0 fully saturated rings. The first kappa shape index (κ1) is 19.0. The summed E-state index contributed by atoms with van der Waals surface area (Å²) in [5.41, 5.74) is -0.208. The molecule has 9 nitrogen and oxygen atoms in total. The number of benzene rings is 1. The van der Waals surface area contributed by atoms with E-state index in [9.17, 15) is 28.1 Å². The lowest BCUT2D eigenvalue weighted by Crippen LogP contribution is -2.47. The fourth-order valence-corrected chi connectivity index (χ4v) is 4.17. The van der Waals surface area contributed by atoms with E-state index in [1.54, 1.807) is 0 Å². The summed E-state index contributed by atoms with van der Waals surface area (Å²) >= 11 is 5.49. The molecule has 25 heavy (non-hydrogen) atoms. The average Bonchev–Trinajstić information content (AvgIpc) is 2.60. The maximum Gasteiger partial charge on any atom is 0.334 e. The van der Waals surface area contributed by atoms with Crippen LogP contribution >= 0.6 is 11.6 Å². The molecule has 0 aliphatic carbocycles. The van der Waals surface area contributed by atoms with Crippen LogP contribution in [0.3, 0.4) is 0 Å². The van der Waals surface area contributed by atoms with Crippen molar-refractivity contribution in [3.63, 3.8) is 0 Å². The van der Waals surface area contributed by atoms with E-state index in [0.717, 1.165) is 35.7 Å². The van der Waals surface area contributed by atoms with Gasteiger partial charge in [-0.25, -0.2) is 13.2 Å². The number of rotatable bonds is 5. The molecule has 1 aromatic rings. The molecule has 0 radical (unpaired) electrons. The molecule has 0 bridgehead atoms. The van der Waals surface area contributed by atoms with E-state index in [2.05, 4.69) is 4.74 Å². The normalized spacial score (nSPS) is 18.3. The molecule has 2 rings (SSSR count). The molecule has 0 saturated heterocycles. The number of sulfonamides is 1. The molecule has 1 aromatic carbocycles. The third kappa shape index (κ3) is 3.86. The number of nitro benzene ring substituents is 1. The Labute approximate surface area is 148 Å². The van der Waals surface area contributed by atoms with Crippen molar-refractivity contribution in [2.75, 3.05) is 13.7 Å². The fraction of sp³-hybridized carbons (Fsp3) is 0.286. The van der Waals surface area contributed by atoms with Crippen molar-refractivity contribution in [1.82, 2.24) is 4.31 Å². The number of carbonyl (C=O) groups excluding carboxylic acids is 2. The topological polar surface area (TPSA) is 124 Å². The zero-order valence-corrected chi connectivity index (χ0v) is 14.5. The summed E-state index contributed by atoms with van der Waals surface area (Å²) in [5, 5.41) is 9.78. The van der Waals surface area contributed by atoms with Crippen molar-refractivity contribution in [3.05, 3.63) is 46.0 Å². The summed E-state index contributed by atoms with van der Waals surface area (Å²) in [4.78, 5) is 33.0. The number of ether oxygens (including phenoxy) is 1. The first-order chi connectivity index (χ1) is 11.7. The van der Waals surface area contributed by atoms with Gasteiger partial charge in [-0.15, -0.1) is 0 Å². The summed E-state index contributed by atoms with van der Waals surface area (Å²) in [5.74, 6) is -0.718. The van der Waals surface area contributed by atoms with Crippen LogP contribution in [0.4, 0.5) is 5.69 Å². The third-order valence-electron chi connectivity index (χ3n) is 3.63. The van der Waals surface area contributed by atoms with Gasteiger partial charge in [0.2, 0.25) is 15.3 Å². The van der Waals surface area contributed by atoms with Gasteiger partial charge in [0.15, 0.2) is 0 Å². The van der Waals surface area contributed by atoms with Crippen LogP contribution in [0.15, 0.2) is 40.8 Å². The number of hydrogen-bond donors (Lipinski definition) is 0. The average molecular weight is 389 g/mol. The first-order valence-corrected chi connectivity index (χ1v) is 8.73. The lowest BCUT2D eigenvalue weighted by atomic mass is 10.1. The maximum atomic E-state index is 12.8. The molecule has 1 aliphatic rings. The Hall–Kier alpha value is -2.30. The van der Waals surface area contributed by atoms with Crippen LogP contribution in [0, 0.1) is 10.1 Å². The zero-order chi connectivity index (χ0) is 18.8. The van der Waals surface area contributed by atoms with E-state index in [1.165, 1.54) is 6.08 Å². The second-order valence-electron chi connectivity index (χ2n) is 5.08. The molecule has 0 amide bonds. The second-order valence-corrected chi connectivity index (χ2v) is 7.34. The largest absolute Gasteiger partial charge is 0.466 e. The van der Waals surface area contributed by atoms with Crippen molar-refractivity contribution in [2.24, 2.45) is 0 Å². The summed E-state index contributed by atoms with van der Waals surface area (Å²) in [7, 11) is -3.07. The van der Waals surface area contributed by atoms with Crippen molar-refractivity contribution in [3.8, 4) is 0 Å². The smallest absolute Gasteiger partial charge is 0.334 e. The van der Waals surface area contributed by atoms with Crippen LogP contribution in [0.5, 0.6) is 0 Å². The van der Waals surface area contributed by atoms with Crippen LogP contribution in [0.1, 0.15) is 6.42 Å². The molecule has 0 aromatic heterocycles. The van der Waals surface area contributed by atoms with Gasteiger partial charge < -0.3 is 4.74 Å². The van der Waals surface area contributed by atoms with Gasteiger partial charge in [-0.05, 0) is 30.2 Å². The van der Waals surface area contributed by atoms with Gasteiger partial charge in [0.05, 0.1) is 16.9 Å². The van der Waals surface area contributed by atoms with Gasteiger partial charge in [0.1, 0.15) is 6.04 Å². The minimum Gasteiger partial charge on any atom is -0.466 e. The Morgan fingerprint density at radius 2 is 1.92 bits per heavy atom. The lowest BCUT2D eigenvalue weighted by Gasteiger charge is -2.31. The van der Waals surface area contributed by atoms with Crippen LogP contribution < -0.4 is 0 Å². The number of hydrogen-bond acceptors (Lipinski definition) is 7. The number of non-ortho nitro benzene ring substituents is 1. The highest BCUT2D eigenvalue weighted by Crippen LogP contribution is 2.27. The molecule has 1 aliphatic heterocycles. The maximum absolute atomic E-state index is 12.8. The predicted octanol–water partition coefficient (Wildman–Crippen LogP) is 1.22. The highest BCUT2D eigenvalue weighted by atomic mass is 35.5. The first-order valence-electron chi connectivity index (χ1n) is 6.91. The summed E-state index contributed by atoms with van der Waals surface area (Å²) in [6, 6.07) is 2.99. The highest BCUT2D eigenvalue weighted by molar-refractivity contribution is 7.89. The van der Waals surface area contributed by atoms with E-state index in [1.807, 2.05) is 0 Å². The number of halogens is 1. The molecular formula is C14H13ClN2O7S. The minimum absolute atomic E-state index is 0.0714. The fourth-order valence-electron chi connectivity index (χ4n) is 2.33. The molecule has 11 heteroatoms. The quantitative estimate of drug-likeness (QED) is 0.321. The van der Waals surface area contributed by atoms with Crippen LogP contribution in [-0.2, 0) is 24.3 Å². The lowest BCUT2D eigenvalue weighted by molar-refractivity contribution is -0.384. The van der Waals surface area contributed by atoms with E-state index in [-0.39, 0.29) is 22.6 Å². The van der Waals surface area contributed by atoms with E-state index >= 15 is 0 Å². The Bertz CT molecular complexity index is 848. The highest BCUT2D eigenvalue weighted by Gasteiger charge is 2.39. The predicted molar refractivity (Wildman–Crippen MR) is 86.4 cm³/mol. The number of nitrogens with zero attached hydrogens (tertiary/aromatic N) is 2. The molecule has 0 saturated carbocycles. The Balaban J connectivity index is 2.43. The van der Waals surface area contributed by atoms with Gasteiger partial charge in [0, 0.05) is 24.3 Å². The molecule has 0 unspecified atom stereocenters. The Morgan fingerprint density at radius 1 is 1.32 bits per heavy atom. The van der Waals surface area contributed by atoms with Gasteiger partial charge in [-0.1, -0.05) is 6.08 Å². The van der Waals surface area contributed by atoms with Crippen LogP contribution in [-0.4, -0.2) is 48.6 Å². The van der Waals surface area contributed by atoms with E-state index in [4.69, 9.17) is 11.6 Å². The zero-order valence-electron chi connectivity index (χ0n) is 12.9. The third-order valence-corrected chi connectivity index (χ3v) is 5.75. The monoisotopic (exact) mass is 388 g/mol. The van der Waals surface area contributed by atoms with Crippen LogP contribution in [0.25, 0.3) is 0 Å². The molecule has 1 atom stereocenters. The van der Waals surface area contributed by atoms with Crippen molar-refractivity contribution >= 4 is 38.5 Å². The van der Waals surface area contributed by atoms with Gasteiger partial charge in [-0.2, -0.15) is 4.31 Å². The SMILES string of the molecule is COC(=O)C1=CC[C@@H](C(=O)Cl)N(S(=O)(=O)c2ccc([N+](=O)[O-])cc2)C1. The standard InChI is InChI=1S/C14H13ClN2O7S/c1-24-14(19)9-2-7-12(13(15)18)16(8-9)25(22,23)11-5-3-10(4-6-11)17(20)21/h2-6,12H,7-8H2,1H3/t12-/m0/s1. The molecular weight excluding hydrogens is 376 g/mol. The van der Waals surface area contributed by atoms with Gasteiger partial charge >= 0.3 is 5.97 Å².